The van der Waals surface area contributed by atoms with Crippen LogP contribution in [0.25, 0.3) is 11.0 Å². The summed E-state index contributed by atoms with van der Waals surface area (Å²) in [5.74, 6) is -0.217. The number of esters is 1. The molecule has 0 N–H and O–H groups in total. The lowest BCUT2D eigenvalue weighted by Gasteiger charge is -2.14. The highest BCUT2D eigenvalue weighted by atomic mass is 16.5. The number of likely N-dealkylation sites (N-methyl/N-ethyl adjacent to an activating group) is 1. The fourth-order valence-electron chi connectivity index (χ4n) is 2.42. The molecule has 0 aliphatic heterocycles. The number of nitrogens with zero attached hydrogens (tertiary/aromatic N) is 1. The average molecular weight is 347 g/mol. The molecule has 7 heteroatoms. The van der Waals surface area contributed by atoms with Gasteiger partial charge in [0.05, 0.1) is 19.1 Å². The molecule has 0 fully saturated rings. The zero-order valence-electron chi connectivity index (χ0n) is 15.0. The topological polar surface area (TPSA) is 86.1 Å². The van der Waals surface area contributed by atoms with Crippen LogP contribution in [0.15, 0.2) is 21.3 Å². The van der Waals surface area contributed by atoms with Crippen molar-refractivity contribution in [1.82, 2.24) is 4.90 Å². The van der Waals surface area contributed by atoms with E-state index in [2.05, 4.69) is 4.74 Å². The van der Waals surface area contributed by atoms with Gasteiger partial charge in [-0.25, -0.2) is 4.79 Å². The third-order valence-electron chi connectivity index (χ3n) is 4.05. The Morgan fingerprint density at radius 2 is 1.84 bits per heavy atom. The van der Waals surface area contributed by atoms with Gasteiger partial charge >= 0.3 is 11.6 Å². The van der Waals surface area contributed by atoms with Crippen molar-refractivity contribution >= 4 is 22.8 Å². The van der Waals surface area contributed by atoms with Crippen LogP contribution in [-0.2, 0) is 20.7 Å². The first-order chi connectivity index (χ1) is 11.8. The summed E-state index contributed by atoms with van der Waals surface area (Å²) in [6, 6.07) is 3.46. The van der Waals surface area contributed by atoms with Crippen LogP contribution >= 0.6 is 0 Å². The highest BCUT2D eigenvalue weighted by Gasteiger charge is 2.18. The smallest absolute Gasteiger partial charge is 0.340 e. The molecular formula is C18H21NO6. The summed E-state index contributed by atoms with van der Waals surface area (Å²) < 4.78 is 15.6. The number of carbonyl (C=O) groups is 2. The van der Waals surface area contributed by atoms with Gasteiger partial charge in [0.15, 0.2) is 6.61 Å². The normalized spacial score (nSPS) is 10.6. The first-order valence-corrected chi connectivity index (χ1v) is 7.72. The van der Waals surface area contributed by atoms with E-state index in [0.29, 0.717) is 27.8 Å². The van der Waals surface area contributed by atoms with Crippen molar-refractivity contribution in [3.8, 4) is 5.75 Å². The molecule has 0 saturated carbocycles. The first kappa shape index (κ1) is 18.5. The quantitative estimate of drug-likeness (QED) is 0.603. The SMILES string of the molecule is COC(=O)Cc1c(C)c2ccc(OCC(=O)N(C)C)c(C)c2oc1=O. The van der Waals surface area contributed by atoms with Crippen LogP contribution in [0.5, 0.6) is 5.75 Å². The molecule has 2 aromatic rings. The molecule has 1 aromatic carbocycles. The van der Waals surface area contributed by atoms with E-state index in [0.717, 1.165) is 0 Å². The zero-order chi connectivity index (χ0) is 18.7. The van der Waals surface area contributed by atoms with E-state index in [1.807, 2.05) is 0 Å². The maximum absolute atomic E-state index is 12.2. The summed E-state index contributed by atoms with van der Waals surface area (Å²) in [5, 5.41) is 0.710. The fraction of sp³-hybridized carbons (Fsp3) is 0.389. The molecule has 0 aliphatic rings. The molecular weight excluding hydrogens is 326 g/mol. The summed E-state index contributed by atoms with van der Waals surface area (Å²) in [6.45, 7) is 3.40. The van der Waals surface area contributed by atoms with Crippen molar-refractivity contribution in [2.24, 2.45) is 0 Å². The second-order valence-electron chi connectivity index (χ2n) is 5.89. The number of hydrogen-bond donors (Lipinski definition) is 0. The molecule has 2 rings (SSSR count). The average Bonchev–Trinajstić information content (AvgIpc) is 2.57. The molecule has 7 nitrogen and oxygen atoms in total. The predicted molar refractivity (Wildman–Crippen MR) is 91.9 cm³/mol. The molecule has 134 valence electrons. The van der Waals surface area contributed by atoms with Gasteiger partial charge in [0, 0.05) is 25.0 Å². The lowest BCUT2D eigenvalue weighted by molar-refractivity contribution is -0.139. The van der Waals surface area contributed by atoms with E-state index in [1.54, 1.807) is 40.1 Å². The number of hydrogen-bond acceptors (Lipinski definition) is 6. The second-order valence-corrected chi connectivity index (χ2v) is 5.89. The van der Waals surface area contributed by atoms with E-state index in [-0.39, 0.29) is 24.5 Å². The van der Waals surface area contributed by atoms with Crippen molar-refractivity contribution in [2.75, 3.05) is 27.8 Å². The van der Waals surface area contributed by atoms with Gasteiger partial charge in [-0.05, 0) is 31.5 Å². The van der Waals surface area contributed by atoms with Crippen LogP contribution in [0.4, 0.5) is 0 Å². The largest absolute Gasteiger partial charge is 0.483 e. The Labute approximate surface area is 145 Å². The minimum atomic E-state index is -0.583. The Bertz CT molecular complexity index is 881. The number of ether oxygens (including phenoxy) is 2. The maximum Gasteiger partial charge on any atom is 0.340 e. The highest BCUT2D eigenvalue weighted by Crippen LogP contribution is 2.29. The molecule has 25 heavy (non-hydrogen) atoms. The van der Waals surface area contributed by atoms with Gasteiger partial charge in [0.2, 0.25) is 0 Å². The maximum atomic E-state index is 12.2. The third-order valence-corrected chi connectivity index (χ3v) is 4.05. The molecule has 0 spiro atoms. The summed E-state index contributed by atoms with van der Waals surface area (Å²) in [4.78, 5) is 36.8. The number of aryl methyl sites for hydroxylation is 2. The van der Waals surface area contributed by atoms with E-state index in [4.69, 9.17) is 9.15 Å². The number of amides is 1. The number of rotatable bonds is 5. The van der Waals surface area contributed by atoms with E-state index < -0.39 is 11.6 Å². The van der Waals surface area contributed by atoms with Crippen LogP contribution in [0.3, 0.4) is 0 Å². The number of fused-ring (bicyclic) bond motifs is 1. The summed E-state index contributed by atoms with van der Waals surface area (Å²) >= 11 is 0. The Morgan fingerprint density at radius 1 is 1.16 bits per heavy atom. The van der Waals surface area contributed by atoms with Gasteiger partial charge in [-0.3, -0.25) is 9.59 Å². The minimum Gasteiger partial charge on any atom is -0.483 e. The third kappa shape index (κ3) is 3.81. The van der Waals surface area contributed by atoms with Crippen LogP contribution in [0.1, 0.15) is 16.7 Å². The Balaban J connectivity index is 2.45. The summed E-state index contributed by atoms with van der Waals surface area (Å²) in [7, 11) is 4.55. The van der Waals surface area contributed by atoms with Gasteiger partial charge in [0.1, 0.15) is 11.3 Å². The first-order valence-electron chi connectivity index (χ1n) is 7.72. The number of benzene rings is 1. The molecule has 0 bridgehead atoms. The Morgan fingerprint density at radius 3 is 2.44 bits per heavy atom. The van der Waals surface area contributed by atoms with Gasteiger partial charge < -0.3 is 18.8 Å². The fourth-order valence-corrected chi connectivity index (χ4v) is 2.42. The molecule has 0 aliphatic carbocycles. The lowest BCUT2D eigenvalue weighted by atomic mass is 10.0. The molecule has 1 aromatic heterocycles. The van der Waals surface area contributed by atoms with E-state index >= 15 is 0 Å². The van der Waals surface area contributed by atoms with Crippen molar-refractivity contribution in [1.29, 1.82) is 0 Å². The standard InChI is InChI=1S/C18H21NO6/c1-10-12-6-7-14(24-9-15(20)19(3)4)11(2)17(12)25-18(22)13(10)8-16(21)23-5/h6-7H,8-9H2,1-5H3. The monoisotopic (exact) mass is 347 g/mol. The lowest BCUT2D eigenvalue weighted by Crippen LogP contribution is -2.27. The molecule has 0 saturated heterocycles. The van der Waals surface area contributed by atoms with Crippen LogP contribution in [-0.4, -0.2) is 44.6 Å². The summed E-state index contributed by atoms with van der Waals surface area (Å²) in [6.07, 6.45) is -0.144. The van der Waals surface area contributed by atoms with Crippen molar-refractivity contribution in [3.05, 3.63) is 39.2 Å². The van der Waals surface area contributed by atoms with Gasteiger partial charge in [-0.15, -0.1) is 0 Å². The summed E-state index contributed by atoms with van der Waals surface area (Å²) in [5.41, 5.74) is 1.35. The molecule has 0 atom stereocenters. The minimum absolute atomic E-state index is 0.108. The van der Waals surface area contributed by atoms with Crippen LogP contribution in [0, 0.1) is 13.8 Å². The zero-order valence-corrected chi connectivity index (χ0v) is 15.0. The van der Waals surface area contributed by atoms with Crippen molar-refractivity contribution < 1.29 is 23.5 Å². The Hall–Kier alpha value is -2.83. The number of carbonyl (C=O) groups excluding carboxylic acids is 2. The molecule has 0 radical (unpaired) electrons. The van der Waals surface area contributed by atoms with E-state index in [9.17, 15) is 14.4 Å². The highest BCUT2D eigenvalue weighted by molar-refractivity contribution is 5.87. The van der Waals surface area contributed by atoms with Crippen molar-refractivity contribution in [3.63, 3.8) is 0 Å². The Kier molecular flexibility index (Phi) is 5.46. The molecule has 1 amide bonds. The molecule has 1 heterocycles. The van der Waals surface area contributed by atoms with Gasteiger partial charge in [0.25, 0.3) is 5.91 Å². The van der Waals surface area contributed by atoms with Crippen LogP contribution in [0.2, 0.25) is 0 Å². The van der Waals surface area contributed by atoms with Gasteiger partial charge in [-0.2, -0.15) is 0 Å². The molecule has 0 unspecified atom stereocenters. The van der Waals surface area contributed by atoms with Crippen molar-refractivity contribution in [2.45, 2.75) is 20.3 Å². The number of methoxy groups -OCH3 is 1. The van der Waals surface area contributed by atoms with E-state index in [1.165, 1.54) is 12.0 Å². The predicted octanol–water partition coefficient (Wildman–Crippen LogP) is 1.59. The van der Waals surface area contributed by atoms with Crippen LogP contribution < -0.4 is 10.4 Å². The second kappa shape index (κ2) is 7.38. The van der Waals surface area contributed by atoms with Gasteiger partial charge in [-0.1, -0.05) is 0 Å².